The van der Waals surface area contributed by atoms with Gasteiger partial charge in [0.1, 0.15) is 0 Å². The van der Waals surface area contributed by atoms with Crippen LogP contribution in [0.3, 0.4) is 0 Å². The van der Waals surface area contributed by atoms with Crippen LogP contribution < -0.4 is 5.32 Å². The van der Waals surface area contributed by atoms with Gasteiger partial charge >= 0.3 is 0 Å². The first-order chi connectivity index (χ1) is 9.25. The molecule has 1 heterocycles. The summed E-state index contributed by atoms with van der Waals surface area (Å²) in [6.45, 7) is 5.89. The second kappa shape index (κ2) is 8.03. The molecule has 0 saturated heterocycles. The van der Waals surface area contributed by atoms with Crippen molar-refractivity contribution < 1.29 is 6.22 Å². The van der Waals surface area contributed by atoms with Crippen molar-refractivity contribution in [2.75, 3.05) is 0 Å². The molecule has 3 heteroatoms. The first kappa shape index (κ1) is 14.9. The molecule has 0 radical (unpaired) electrons. The molecule has 0 aromatic carbocycles. The lowest BCUT2D eigenvalue weighted by Gasteiger charge is -2.05. The molecule has 1 aromatic heterocycles. The molecule has 102 valence electrons. The summed E-state index contributed by atoms with van der Waals surface area (Å²) in [5.74, 6) is -0.135. The summed E-state index contributed by atoms with van der Waals surface area (Å²) in [5.41, 5.74) is 2.26. The van der Waals surface area contributed by atoms with Gasteiger partial charge in [-0.25, -0.2) is 0 Å². The molecule has 1 amide bonds. The average Bonchev–Trinajstić information content (AvgIpc) is 2.70. The lowest BCUT2D eigenvalue weighted by atomic mass is 10.2. The van der Waals surface area contributed by atoms with Crippen LogP contribution in [0.2, 0.25) is 0 Å². The fourth-order valence-electron chi connectivity index (χ4n) is 1.47. The van der Waals surface area contributed by atoms with Crippen LogP contribution in [-0.4, -0.2) is 10.9 Å². The maximum atomic E-state index is 11.9. The summed E-state index contributed by atoms with van der Waals surface area (Å²) in [4.78, 5) is 16.0. The number of rotatable bonds is 2. The molecule has 1 N–H and O–H groups in total. The Morgan fingerprint density at radius 2 is 2.11 bits per heavy atom. The van der Waals surface area contributed by atoms with Gasteiger partial charge in [-0.1, -0.05) is 32.1 Å². The number of hydrogen-bond acceptors (Lipinski definition) is 2. The number of aromatic nitrogens is 1. The van der Waals surface area contributed by atoms with Crippen molar-refractivity contribution in [3.8, 4) is 0 Å². The highest BCUT2D eigenvalue weighted by molar-refractivity contribution is 5.95. The molecule has 0 aliphatic heterocycles. The first-order valence-electron chi connectivity index (χ1n) is 6.53. The molecule has 3 nitrogen and oxygen atoms in total. The van der Waals surface area contributed by atoms with Crippen LogP contribution in [0, 0.1) is 6.92 Å². The van der Waals surface area contributed by atoms with Gasteiger partial charge < -0.3 is 5.32 Å². The summed E-state index contributed by atoms with van der Waals surface area (Å²) >= 11 is 0. The fourth-order valence-corrected chi connectivity index (χ4v) is 1.47. The topological polar surface area (TPSA) is 42.0 Å². The van der Waals surface area contributed by atoms with Crippen LogP contribution >= 0.6 is 0 Å². The van der Waals surface area contributed by atoms with Crippen molar-refractivity contribution in [1.82, 2.24) is 10.3 Å². The summed E-state index contributed by atoms with van der Waals surface area (Å²) in [6, 6.07) is 3.60. The normalized spacial score (nSPS) is 12.9. The van der Waals surface area contributed by atoms with E-state index in [-0.39, 0.29) is 7.33 Å². The minimum Gasteiger partial charge on any atom is -0.322 e. The van der Waals surface area contributed by atoms with Crippen molar-refractivity contribution in [3.63, 3.8) is 0 Å². The Morgan fingerprint density at radius 3 is 2.79 bits per heavy atom. The second-order valence-electron chi connectivity index (χ2n) is 3.83. The fraction of sp³-hybridized carbons (Fsp3) is 0.250. The van der Waals surface area contributed by atoms with Gasteiger partial charge in [0, 0.05) is 19.0 Å². The Kier molecular flexibility index (Phi) is 6.30. The summed E-state index contributed by atoms with van der Waals surface area (Å²) in [6.07, 6.45) is 12.2. The SMILES string of the molecule is CC.Cc1ccc(C(=O)NC2=CC=CCC=C2)cn1.[HH]. The molecule has 0 atom stereocenters. The van der Waals surface area contributed by atoms with Gasteiger partial charge in [0.15, 0.2) is 0 Å². The number of allylic oxidation sites excluding steroid dienone is 5. The number of pyridine rings is 1. The lowest BCUT2D eigenvalue weighted by molar-refractivity contribution is 0.0967. The number of aryl methyl sites for hydroxylation is 1. The third-order valence-electron chi connectivity index (χ3n) is 2.41. The van der Waals surface area contributed by atoms with Crippen LogP contribution in [0.1, 0.15) is 37.7 Å². The van der Waals surface area contributed by atoms with E-state index in [1.165, 1.54) is 0 Å². The third-order valence-corrected chi connectivity index (χ3v) is 2.41. The Balaban J connectivity index is 0.00000115. The molecule has 0 spiro atoms. The van der Waals surface area contributed by atoms with E-state index in [4.69, 9.17) is 0 Å². The lowest BCUT2D eigenvalue weighted by Crippen LogP contribution is -2.21. The molecule has 0 unspecified atom stereocenters. The summed E-state index contributed by atoms with van der Waals surface area (Å²) in [7, 11) is 0. The molecule has 19 heavy (non-hydrogen) atoms. The van der Waals surface area contributed by atoms with Crippen molar-refractivity contribution in [3.05, 3.63) is 65.7 Å². The number of amides is 1. The number of carbonyl (C=O) groups excluding carboxylic acids is 1. The molecule has 1 aromatic rings. The number of nitrogens with zero attached hydrogens (tertiary/aromatic N) is 1. The van der Waals surface area contributed by atoms with Gasteiger partial charge in [-0.15, -0.1) is 0 Å². The quantitative estimate of drug-likeness (QED) is 0.876. The van der Waals surface area contributed by atoms with E-state index in [2.05, 4.69) is 10.3 Å². The summed E-state index contributed by atoms with van der Waals surface area (Å²) in [5, 5.41) is 2.84. The van der Waals surface area contributed by atoms with E-state index in [1.54, 1.807) is 12.3 Å². The molecule has 1 aliphatic rings. The molecule has 2 rings (SSSR count). The number of carbonyl (C=O) groups is 1. The Hall–Kier alpha value is -2.16. The predicted octanol–water partition coefficient (Wildman–Crippen LogP) is 3.79. The molecular weight excluding hydrogens is 236 g/mol. The standard InChI is InChI=1S/C14H14N2O.C2H6.H2/c1-11-8-9-12(10-15-11)14(17)16-13-6-4-2-3-5-7-13;1-2;/h2,4-10H,3H2,1H3,(H,16,17);1-2H3;1H. The largest absolute Gasteiger partial charge is 0.322 e. The van der Waals surface area contributed by atoms with Gasteiger partial charge in [0.25, 0.3) is 5.91 Å². The smallest absolute Gasteiger partial charge is 0.257 e. The van der Waals surface area contributed by atoms with Crippen molar-refractivity contribution in [2.45, 2.75) is 27.2 Å². The average molecular weight is 258 g/mol. The Bertz CT molecular complexity index is 502. The van der Waals surface area contributed by atoms with E-state index in [0.29, 0.717) is 5.56 Å². The van der Waals surface area contributed by atoms with Gasteiger partial charge in [-0.2, -0.15) is 0 Å². The second-order valence-corrected chi connectivity index (χ2v) is 3.83. The first-order valence-corrected chi connectivity index (χ1v) is 6.53. The van der Waals surface area contributed by atoms with Crippen LogP contribution in [-0.2, 0) is 0 Å². The molecule has 1 aliphatic carbocycles. The zero-order valence-corrected chi connectivity index (χ0v) is 11.7. The monoisotopic (exact) mass is 258 g/mol. The van der Waals surface area contributed by atoms with Crippen LogP contribution in [0.4, 0.5) is 0 Å². The highest BCUT2D eigenvalue weighted by Gasteiger charge is 2.06. The maximum Gasteiger partial charge on any atom is 0.257 e. The van der Waals surface area contributed by atoms with Gasteiger partial charge in [0.2, 0.25) is 0 Å². The van der Waals surface area contributed by atoms with E-state index in [9.17, 15) is 4.79 Å². The van der Waals surface area contributed by atoms with Crippen LogP contribution in [0.15, 0.2) is 54.4 Å². The number of nitrogens with one attached hydrogen (secondary N) is 1. The molecule has 0 bridgehead atoms. The highest BCUT2D eigenvalue weighted by atomic mass is 16.1. The van der Waals surface area contributed by atoms with Gasteiger partial charge in [0.05, 0.1) is 5.56 Å². The van der Waals surface area contributed by atoms with E-state index in [1.807, 2.05) is 57.2 Å². The highest BCUT2D eigenvalue weighted by Crippen LogP contribution is 2.04. The zero-order chi connectivity index (χ0) is 14.1. The predicted molar refractivity (Wildman–Crippen MR) is 80.9 cm³/mol. The van der Waals surface area contributed by atoms with Crippen LogP contribution in [0.25, 0.3) is 0 Å². The van der Waals surface area contributed by atoms with Crippen molar-refractivity contribution in [2.24, 2.45) is 0 Å². The minimum absolute atomic E-state index is 0. The van der Waals surface area contributed by atoms with Gasteiger partial charge in [-0.05, 0) is 37.6 Å². The van der Waals surface area contributed by atoms with E-state index in [0.717, 1.165) is 17.8 Å². The molecule has 0 saturated carbocycles. The number of hydrogen-bond donors (Lipinski definition) is 1. The molecular formula is C16H22N2O. The Morgan fingerprint density at radius 1 is 1.32 bits per heavy atom. The minimum atomic E-state index is -0.135. The Labute approximate surface area is 116 Å². The van der Waals surface area contributed by atoms with Crippen LogP contribution in [0.5, 0.6) is 0 Å². The third kappa shape index (κ3) is 4.92. The van der Waals surface area contributed by atoms with Crippen molar-refractivity contribution in [1.29, 1.82) is 0 Å². The summed E-state index contributed by atoms with van der Waals surface area (Å²) < 4.78 is 0. The van der Waals surface area contributed by atoms with E-state index >= 15 is 0 Å². The molecule has 0 fully saturated rings. The van der Waals surface area contributed by atoms with E-state index < -0.39 is 0 Å². The maximum absolute atomic E-state index is 11.9. The van der Waals surface area contributed by atoms with Crippen molar-refractivity contribution >= 4 is 5.91 Å². The van der Waals surface area contributed by atoms with Gasteiger partial charge in [-0.3, -0.25) is 9.78 Å². The zero-order valence-electron chi connectivity index (χ0n) is 11.7.